The van der Waals surface area contributed by atoms with Crippen molar-refractivity contribution in [1.82, 2.24) is 0 Å². The van der Waals surface area contributed by atoms with E-state index in [1.807, 2.05) is 0 Å². The average Bonchev–Trinajstić information content (AvgIpc) is 2.37. The Morgan fingerprint density at radius 2 is 2.05 bits per heavy atom. The van der Waals surface area contributed by atoms with Gasteiger partial charge in [0.1, 0.15) is 11.6 Å². The van der Waals surface area contributed by atoms with Crippen LogP contribution in [0.25, 0.3) is 0 Å². The van der Waals surface area contributed by atoms with Gasteiger partial charge >= 0.3 is 6.18 Å². The average molecular weight is 289 g/mol. The summed E-state index contributed by atoms with van der Waals surface area (Å²) in [6.07, 6.45) is -3.08. The summed E-state index contributed by atoms with van der Waals surface area (Å²) < 4.78 is 51.3. The van der Waals surface area contributed by atoms with E-state index in [0.717, 1.165) is 25.0 Å². The lowest BCUT2D eigenvalue weighted by atomic mass is 9.94. The SMILES string of the molecule is CC(=O)C1CCCN(c2ccc(C(F)(F)F)cc2F)C1. The molecule has 1 aliphatic heterocycles. The summed E-state index contributed by atoms with van der Waals surface area (Å²) >= 11 is 0. The van der Waals surface area contributed by atoms with Gasteiger partial charge in [-0.1, -0.05) is 0 Å². The van der Waals surface area contributed by atoms with Crippen LogP contribution in [0.5, 0.6) is 0 Å². The van der Waals surface area contributed by atoms with E-state index in [1.165, 1.54) is 6.92 Å². The molecule has 0 bridgehead atoms. The zero-order valence-corrected chi connectivity index (χ0v) is 11.0. The lowest BCUT2D eigenvalue weighted by Crippen LogP contribution is -2.38. The van der Waals surface area contributed by atoms with Crippen LogP contribution in [0.15, 0.2) is 18.2 Å². The molecule has 1 aromatic rings. The number of piperidine rings is 1. The zero-order valence-electron chi connectivity index (χ0n) is 11.0. The Morgan fingerprint density at radius 3 is 2.60 bits per heavy atom. The molecular weight excluding hydrogens is 274 g/mol. The molecule has 0 spiro atoms. The van der Waals surface area contributed by atoms with Gasteiger partial charge < -0.3 is 4.90 Å². The van der Waals surface area contributed by atoms with Crippen LogP contribution in [0.2, 0.25) is 0 Å². The van der Waals surface area contributed by atoms with E-state index in [0.29, 0.717) is 19.2 Å². The largest absolute Gasteiger partial charge is 0.416 e. The minimum atomic E-state index is -4.55. The molecule has 6 heteroatoms. The van der Waals surface area contributed by atoms with Crippen molar-refractivity contribution in [2.75, 3.05) is 18.0 Å². The molecule has 1 saturated heterocycles. The smallest absolute Gasteiger partial charge is 0.368 e. The van der Waals surface area contributed by atoms with Crippen molar-refractivity contribution < 1.29 is 22.4 Å². The summed E-state index contributed by atoms with van der Waals surface area (Å²) in [5.74, 6) is -1.04. The van der Waals surface area contributed by atoms with E-state index in [9.17, 15) is 22.4 Å². The molecule has 1 atom stereocenters. The second-order valence-electron chi connectivity index (χ2n) is 5.06. The number of benzene rings is 1. The van der Waals surface area contributed by atoms with Gasteiger partial charge in [-0.2, -0.15) is 13.2 Å². The van der Waals surface area contributed by atoms with Gasteiger partial charge in [0.05, 0.1) is 11.3 Å². The third kappa shape index (κ3) is 3.11. The second kappa shape index (κ2) is 5.42. The number of halogens is 4. The first-order valence-electron chi connectivity index (χ1n) is 6.41. The first kappa shape index (κ1) is 14.8. The van der Waals surface area contributed by atoms with Gasteiger partial charge in [-0.3, -0.25) is 4.79 Å². The highest BCUT2D eigenvalue weighted by Gasteiger charge is 2.32. The van der Waals surface area contributed by atoms with E-state index in [4.69, 9.17) is 0 Å². The summed E-state index contributed by atoms with van der Waals surface area (Å²) in [6.45, 7) is 2.39. The standard InChI is InChI=1S/C14H15F4NO/c1-9(20)10-3-2-6-19(8-10)13-5-4-11(7-12(13)15)14(16,17)18/h4-5,7,10H,2-3,6,8H2,1H3. The first-order chi connectivity index (χ1) is 9.29. The Balaban J connectivity index is 2.23. The number of alkyl halides is 3. The molecule has 2 rings (SSSR count). The molecule has 2 nitrogen and oxygen atoms in total. The quantitative estimate of drug-likeness (QED) is 0.775. The number of hydrogen-bond acceptors (Lipinski definition) is 2. The second-order valence-corrected chi connectivity index (χ2v) is 5.06. The number of carbonyl (C=O) groups is 1. The molecule has 1 aromatic carbocycles. The molecule has 1 unspecified atom stereocenters. The topological polar surface area (TPSA) is 20.3 Å². The summed E-state index contributed by atoms with van der Waals surface area (Å²) in [5.41, 5.74) is -0.872. The molecule has 0 aliphatic carbocycles. The number of carbonyl (C=O) groups excluding carboxylic acids is 1. The van der Waals surface area contributed by atoms with E-state index in [-0.39, 0.29) is 17.4 Å². The highest BCUT2D eigenvalue weighted by molar-refractivity contribution is 5.79. The zero-order chi connectivity index (χ0) is 14.9. The van der Waals surface area contributed by atoms with Crippen molar-refractivity contribution >= 4 is 11.5 Å². The van der Waals surface area contributed by atoms with Crippen LogP contribution >= 0.6 is 0 Å². The van der Waals surface area contributed by atoms with Gasteiger partial charge in [-0.25, -0.2) is 4.39 Å². The monoisotopic (exact) mass is 289 g/mol. The molecule has 110 valence electrons. The van der Waals surface area contributed by atoms with Crippen molar-refractivity contribution in [3.05, 3.63) is 29.6 Å². The van der Waals surface area contributed by atoms with Crippen molar-refractivity contribution in [1.29, 1.82) is 0 Å². The van der Waals surface area contributed by atoms with Crippen molar-refractivity contribution in [3.8, 4) is 0 Å². The molecule has 20 heavy (non-hydrogen) atoms. The van der Waals surface area contributed by atoms with Crippen LogP contribution in [-0.4, -0.2) is 18.9 Å². The fraction of sp³-hybridized carbons (Fsp3) is 0.500. The Morgan fingerprint density at radius 1 is 1.35 bits per heavy atom. The third-order valence-electron chi connectivity index (χ3n) is 3.61. The van der Waals surface area contributed by atoms with Gasteiger partial charge in [-0.05, 0) is 38.0 Å². The van der Waals surface area contributed by atoms with Crippen LogP contribution in [-0.2, 0) is 11.0 Å². The Kier molecular flexibility index (Phi) is 4.01. The summed E-state index contributed by atoms with van der Waals surface area (Å²) in [4.78, 5) is 13.0. The van der Waals surface area contributed by atoms with Crippen molar-refractivity contribution in [2.24, 2.45) is 5.92 Å². The highest BCUT2D eigenvalue weighted by atomic mass is 19.4. The number of nitrogens with zero attached hydrogens (tertiary/aromatic N) is 1. The van der Waals surface area contributed by atoms with E-state index < -0.39 is 17.6 Å². The molecule has 0 radical (unpaired) electrons. The molecule has 0 N–H and O–H groups in total. The molecule has 0 aromatic heterocycles. The highest BCUT2D eigenvalue weighted by Crippen LogP contribution is 2.33. The minimum absolute atomic E-state index is 0.0296. The molecule has 1 aliphatic rings. The normalized spacial score (nSPS) is 20.1. The molecular formula is C14H15F4NO. The molecule has 0 amide bonds. The fourth-order valence-electron chi connectivity index (χ4n) is 2.47. The summed E-state index contributed by atoms with van der Waals surface area (Å²) in [5, 5.41) is 0. The first-order valence-corrected chi connectivity index (χ1v) is 6.41. The van der Waals surface area contributed by atoms with Crippen LogP contribution in [0.4, 0.5) is 23.2 Å². The fourth-order valence-corrected chi connectivity index (χ4v) is 2.47. The molecule has 0 saturated carbocycles. The Hall–Kier alpha value is -1.59. The maximum absolute atomic E-state index is 13.9. The van der Waals surface area contributed by atoms with Gasteiger partial charge in [0.25, 0.3) is 0 Å². The van der Waals surface area contributed by atoms with Crippen molar-refractivity contribution in [2.45, 2.75) is 25.9 Å². The molecule has 1 heterocycles. The molecule has 1 fully saturated rings. The Bertz CT molecular complexity index is 512. The lowest BCUT2D eigenvalue weighted by Gasteiger charge is -2.33. The van der Waals surface area contributed by atoms with E-state index in [2.05, 4.69) is 0 Å². The van der Waals surface area contributed by atoms with Gasteiger partial charge in [0, 0.05) is 19.0 Å². The predicted molar refractivity (Wildman–Crippen MR) is 67.0 cm³/mol. The number of rotatable bonds is 2. The van der Waals surface area contributed by atoms with Crippen molar-refractivity contribution in [3.63, 3.8) is 0 Å². The van der Waals surface area contributed by atoms with Crippen LogP contribution < -0.4 is 4.90 Å². The Labute approximate surface area is 114 Å². The predicted octanol–water partition coefficient (Wildman–Crippen LogP) is 3.65. The minimum Gasteiger partial charge on any atom is -0.368 e. The number of hydrogen-bond donors (Lipinski definition) is 0. The summed E-state index contributed by atoms with van der Waals surface area (Å²) in [6, 6.07) is 2.52. The number of anilines is 1. The number of Topliss-reactive ketones (excluding diaryl/α,β-unsaturated/α-hetero) is 1. The number of ketones is 1. The van der Waals surface area contributed by atoms with Gasteiger partial charge in [0.15, 0.2) is 0 Å². The maximum atomic E-state index is 13.9. The van der Waals surface area contributed by atoms with Crippen LogP contribution in [0, 0.1) is 11.7 Å². The van der Waals surface area contributed by atoms with E-state index in [1.54, 1.807) is 4.90 Å². The summed E-state index contributed by atoms with van der Waals surface area (Å²) in [7, 11) is 0. The third-order valence-corrected chi connectivity index (χ3v) is 3.61. The maximum Gasteiger partial charge on any atom is 0.416 e. The van der Waals surface area contributed by atoms with Gasteiger partial charge in [-0.15, -0.1) is 0 Å². The lowest BCUT2D eigenvalue weighted by molar-refractivity contribution is -0.137. The van der Waals surface area contributed by atoms with Crippen LogP contribution in [0.3, 0.4) is 0 Å². The van der Waals surface area contributed by atoms with Crippen LogP contribution in [0.1, 0.15) is 25.3 Å². The van der Waals surface area contributed by atoms with E-state index >= 15 is 0 Å². The van der Waals surface area contributed by atoms with Gasteiger partial charge in [0.2, 0.25) is 0 Å².